The number of benzene rings is 2. The van der Waals surface area contributed by atoms with Crippen LogP contribution in [-0.4, -0.2) is 16.6 Å². The van der Waals surface area contributed by atoms with Crippen LogP contribution in [-0.2, 0) is 12.7 Å². The van der Waals surface area contributed by atoms with Crippen LogP contribution in [0.2, 0.25) is 0 Å². The summed E-state index contributed by atoms with van der Waals surface area (Å²) < 4.78 is 53.6. The van der Waals surface area contributed by atoms with Gasteiger partial charge in [-0.25, -0.2) is 9.37 Å². The number of aryl methyl sites for hydroxylation is 1. The molecule has 0 radical (unpaired) electrons. The zero-order chi connectivity index (χ0) is 21.2. The number of aromatic nitrogens is 1. The lowest BCUT2D eigenvalue weighted by atomic mass is 10.0. The molecule has 8 heteroatoms. The van der Waals surface area contributed by atoms with Crippen molar-refractivity contribution < 1.29 is 22.4 Å². The number of hydrogen-bond acceptors (Lipinski definition) is 3. The van der Waals surface area contributed by atoms with Crippen molar-refractivity contribution in [3.8, 4) is 0 Å². The third-order valence-electron chi connectivity index (χ3n) is 4.40. The molecule has 152 valence electrons. The molecule has 0 saturated carbocycles. The van der Waals surface area contributed by atoms with E-state index in [2.05, 4.69) is 10.3 Å². The van der Waals surface area contributed by atoms with Crippen molar-refractivity contribution in [2.24, 2.45) is 0 Å². The predicted molar refractivity (Wildman–Crippen MR) is 105 cm³/mol. The van der Waals surface area contributed by atoms with E-state index in [1.807, 2.05) is 6.92 Å². The highest BCUT2D eigenvalue weighted by Gasteiger charge is 2.34. The van der Waals surface area contributed by atoms with Gasteiger partial charge in [0, 0.05) is 11.9 Å². The van der Waals surface area contributed by atoms with Gasteiger partial charge in [-0.2, -0.15) is 13.2 Å². The molecule has 3 rings (SSSR count). The summed E-state index contributed by atoms with van der Waals surface area (Å²) in [5.74, 6) is -0.340. The highest BCUT2D eigenvalue weighted by Crippen LogP contribution is 2.37. The monoisotopic (exact) mass is 422 g/mol. The summed E-state index contributed by atoms with van der Waals surface area (Å²) in [5, 5.41) is 3.23. The van der Waals surface area contributed by atoms with Crippen LogP contribution in [0.15, 0.2) is 47.5 Å². The number of fused-ring (bicyclic) bond motifs is 1. The highest BCUT2D eigenvalue weighted by atomic mass is 32.2. The second-order valence-corrected chi connectivity index (χ2v) is 7.61. The zero-order valence-electron chi connectivity index (χ0n) is 15.7. The van der Waals surface area contributed by atoms with E-state index in [1.165, 1.54) is 42.1 Å². The minimum atomic E-state index is -4.55. The van der Waals surface area contributed by atoms with Crippen molar-refractivity contribution in [2.75, 3.05) is 5.75 Å². The number of carbonyl (C=O) groups excluding carboxylic acids is 1. The van der Waals surface area contributed by atoms with E-state index in [-0.39, 0.29) is 28.0 Å². The molecule has 0 saturated heterocycles. The van der Waals surface area contributed by atoms with E-state index >= 15 is 0 Å². The first-order chi connectivity index (χ1) is 13.7. The number of rotatable bonds is 5. The van der Waals surface area contributed by atoms with Crippen LogP contribution in [0.5, 0.6) is 0 Å². The smallest absolute Gasteiger partial charge is 0.348 e. The Balaban J connectivity index is 2.05. The molecule has 3 nitrogen and oxygen atoms in total. The van der Waals surface area contributed by atoms with E-state index < -0.39 is 23.5 Å². The van der Waals surface area contributed by atoms with Gasteiger partial charge in [-0.15, -0.1) is 11.8 Å². The van der Waals surface area contributed by atoms with E-state index in [9.17, 15) is 22.4 Å². The normalized spacial score (nSPS) is 11.7. The standard InChI is InChI=1S/C21H18F4N2OS/c1-3-29-20-17(19(28)26-11-13-6-4-7-14(22)10-13)12(2)15-8-5-9-16(18(15)27-20)21(23,24)25/h4-10H,3,11H2,1-2H3,(H,26,28). The van der Waals surface area contributed by atoms with Gasteiger partial charge >= 0.3 is 6.18 Å². The molecule has 1 amide bonds. The summed E-state index contributed by atoms with van der Waals surface area (Å²) in [7, 11) is 0. The molecule has 3 aromatic rings. The molecule has 1 N–H and O–H groups in total. The van der Waals surface area contributed by atoms with E-state index in [1.54, 1.807) is 13.0 Å². The summed E-state index contributed by atoms with van der Waals surface area (Å²) >= 11 is 1.20. The summed E-state index contributed by atoms with van der Waals surface area (Å²) in [5.41, 5.74) is 0.237. The van der Waals surface area contributed by atoms with Crippen LogP contribution < -0.4 is 5.32 Å². The van der Waals surface area contributed by atoms with Crippen molar-refractivity contribution >= 4 is 28.6 Å². The number of thioether (sulfide) groups is 1. The van der Waals surface area contributed by atoms with Crippen molar-refractivity contribution in [1.82, 2.24) is 10.3 Å². The van der Waals surface area contributed by atoms with Crippen LogP contribution in [0.3, 0.4) is 0 Å². The van der Waals surface area contributed by atoms with Gasteiger partial charge in [0.2, 0.25) is 0 Å². The third kappa shape index (κ3) is 4.53. The molecular weight excluding hydrogens is 404 g/mol. The van der Waals surface area contributed by atoms with Gasteiger partial charge in [0.25, 0.3) is 5.91 Å². The number of nitrogens with zero attached hydrogens (tertiary/aromatic N) is 1. The Morgan fingerprint density at radius 2 is 1.90 bits per heavy atom. The van der Waals surface area contributed by atoms with Gasteiger partial charge in [0.1, 0.15) is 10.8 Å². The molecule has 0 atom stereocenters. The Labute approximate surface area is 169 Å². The number of amides is 1. The number of halogens is 4. The van der Waals surface area contributed by atoms with E-state index in [0.717, 1.165) is 6.07 Å². The topological polar surface area (TPSA) is 42.0 Å². The van der Waals surface area contributed by atoms with Crippen molar-refractivity contribution in [3.63, 3.8) is 0 Å². The van der Waals surface area contributed by atoms with Crippen LogP contribution in [0.25, 0.3) is 10.9 Å². The van der Waals surface area contributed by atoms with Gasteiger partial charge < -0.3 is 5.32 Å². The molecule has 29 heavy (non-hydrogen) atoms. The van der Waals surface area contributed by atoms with E-state index in [0.29, 0.717) is 16.9 Å². The minimum Gasteiger partial charge on any atom is -0.348 e. The maximum atomic E-state index is 13.4. The van der Waals surface area contributed by atoms with Crippen molar-refractivity contribution in [3.05, 3.63) is 70.5 Å². The minimum absolute atomic E-state index is 0.0902. The maximum absolute atomic E-state index is 13.4. The molecule has 0 spiro atoms. The first-order valence-electron chi connectivity index (χ1n) is 8.88. The lowest BCUT2D eigenvalue weighted by Crippen LogP contribution is -2.25. The first kappa shape index (κ1) is 21.1. The Bertz CT molecular complexity index is 1070. The number of carbonyl (C=O) groups is 1. The molecule has 0 fully saturated rings. The largest absolute Gasteiger partial charge is 0.418 e. The summed E-state index contributed by atoms with van der Waals surface area (Å²) in [6.45, 7) is 3.53. The lowest BCUT2D eigenvalue weighted by molar-refractivity contribution is -0.136. The SMILES string of the molecule is CCSc1nc2c(C(F)(F)F)cccc2c(C)c1C(=O)NCc1cccc(F)c1. The quantitative estimate of drug-likeness (QED) is 0.421. The average Bonchev–Trinajstić information content (AvgIpc) is 2.65. The molecule has 0 unspecified atom stereocenters. The number of pyridine rings is 1. The fourth-order valence-electron chi connectivity index (χ4n) is 3.07. The van der Waals surface area contributed by atoms with Gasteiger partial charge in [0.05, 0.1) is 16.6 Å². The Morgan fingerprint density at radius 3 is 2.55 bits per heavy atom. The van der Waals surface area contributed by atoms with Crippen molar-refractivity contribution in [2.45, 2.75) is 31.6 Å². The van der Waals surface area contributed by atoms with Crippen LogP contribution in [0.1, 0.15) is 34.0 Å². The Kier molecular flexibility index (Phi) is 6.12. The fraction of sp³-hybridized carbons (Fsp3) is 0.238. The zero-order valence-corrected chi connectivity index (χ0v) is 16.5. The van der Waals surface area contributed by atoms with Crippen LogP contribution in [0, 0.1) is 12.7 Å². The molecule has 0 bridgehead atoms. The van der Waals surface area contributed by atoms with Crippen molar-refractivity contribution in [1.29, 1.82) is 0 Å². The predicted octanol–water partition coefficient (Wildman–Crippen LogP) is 5.74. The summed E-state index contributed by atoms with van der Waals surface area (Å²) in [4.78, 5) is 17.1. The average molecular weight is 422 g/mol. The Hall–Kier alpha value is -2.61. The van der Waals surface area contributed by atoms with Crippen LogP contribution in [0.4, 0.5) is 17.6 Å². The lowest BCUT2D eigenvalue weighted by Gasteiger charge is -2.17. The molecule has 1 heterocycles. The molecular formula is C21H18F4N2OS. The third-order valence-corrected chi connectivity index (χ3v) is 5.26. The number of para-hydroxylation sites is 1. The maximum Gasteiger partial charge on any atom is 0.418 e. The molecule has 2 aromatic carbocycles. The first-order valence-corrected chi connectivity index (χ1v) is 9.87. The highest BCUT2D eigenvalue weighted by molar-refractivity contribution is 7.99. The second kappa shape index (κ2) is 8.41. The van der Waals surface area contributed by atoms with E-state index in [4.69, 9.17) is 0 Å². The second-order valence-electron chi connectivity index (χ2n) is 6.36. The fourth-order valence-corrected chi connectivity index (χ4v) is 3.89. The van der Waals surface area contributed by atoms with Crippen LogP contribution >= 0.6 is 11.8 Å². The molecule has 1 aromatic heterocycles. The summed E-state index contributed by atoms with van der Waals surface area (Å²) in [6.07, 6.45) is -4.55. The molecule has 0 aliphatic carbocycles. The Morgan fingerprint density at radius 1 is 1.17 bits per heavy atom. The summed E-state index contributed by atoms with van der Waals surface area (Å²) in [6, 6.07) is 9.64. The van der Waals surface area contributed by atoms with Gasteiger partial charge in [-0.1, -0.05) is 31.2 Å². The number of alkyl halides is 3. The number of nitrogens with one attached hydrogen (secondary N) is 1. The molecule has 0 aliphatic heterocycles. The van der Waals surface area contributed by atoms with Gasteiger partial charge in [0.15, 0.2) is 0 Å². The van der Waals surface area contributed by atoms with Gasteiger partial charge in [-0.05, 0) is 42.0 Å². The molecule has 0 aliphatic rings. The number of hydrogen-bond donors (Lipinski definition) is 1. The van der Waals surface area contributed by atoms with Gasteiger partial charge in [-0.3, -0.25) is 4.79 Å².